The van der Waals surface area contributed by atoms with Crippen LogP contribution in [0.1, 0.15) is 41.7 Å². The summed E-state index contributed by atoms with van der Waals surface area (Å²) < 4.78 is 6.22. The number of halogens is 1. The summed E-state index contributed by atoms with van der Waals surface area (Å²) in [6.07, 6.45) is 3.45. The van der Waals surface area contributed by atoms with Gasteiger partial charge in [-0.05, 0) is 66.7 Å². The molecule has 9 nitrogen and oxygen atoms in total. The number of nitrogens with one attached hydrogen (secondary N) is 1. The van der Waals surface area contributed by atoms with Gasteiger partial charge in [0.25, 0.3) is 11.8 Å². The number of anilines is 3. The molecule has 0 spiro atoms. The van der Waals surface area contributed by atoms with Crippen LogP contribution in [0.25, 0.3) is 0 Å². The standard InChI is InChI=1S/C26H31ClN6O3Si/c1-26(2,3)37(4,5)36-15-14-32(16-28)19-10-12-21(13-11-19)33(20-8-6-18(27)7-9-20)25(35)23-22(24(29)34)30-17-31-23/h6-13,17H,14-15H2,1-5H3,(H2,29,34)(H,30,31). The number of aromatic amines is 1. The molecule has 194 valence electrons. The predicted molar refractivity (Wildman–Crippen MR) is 148 cm³/mol. The van der Waals surface area contributed by atoms with Gasteiger partial charge >= 0.3 is 0 Å². The molecule has 11 heteroatoms. The van der Waals surface area contributed by atoms with Crippen molar-refractivity contribution < 1.29 is 14.0 Å². The summed E-state index contributed by atoms with van der Waals surface area (Å²) in [6.45, 7) is 11.7. The monoisotopic (exact) mass is 538 g/mol. The van der Waals surface area contributed by atoms with Crippen LogP contribution in [0, 0.1) is 11.5 Å². The summed E-state index contributed by atoms with van der Waals surface area (Å²) in [4.78, 5) is 34.9. The molecule has 0 aliphatic rings. The van der Waals surface area contributed by atoms with Crippen molar-refractivity contribution in [2.45, 2.75) is 38.9 Å². The van der Waals surface area contributed by atoms with Crippen molar-refractivity contribution in [3.63, 3.8) is 0 Å². The van der Waals surface area contributed by atoms with Crippen molar-refractivity contribution in [1.29, 1.82) is 5.26 Å². The molecule has 1 aromatic heterocycles. The number of hydrogen-bond donors (Lipinski definition) is 2. The highest BCUT2D eigenvalue weighted by Gasteiger charge is 2.37. The summed E-state index contributed by atoms with van der Waals surface area (Å²) >= 11 is 6.05. The third-order valence-corrected chi connectivity index (χ3v) is 11.3. The van der Waals surface area contributed by atoms with Gasteiger partial charge in [-0.2, -0.15) is 5.26 Å². The molecule has 3 aromatic rings. The van der Waals surface area contributed by atoms with Crippen LogP contribution in [0.15, 0.2) is 54.9 Å². The third kappa shape index (κ3) is 6.38. The van der Waals surface area contributed by atoms with E-state index in [4.69, 9.17) is 21.8 Å². The van der Waals surface area contributed by atoms with Gasteiger partial charge < -0.3 is 15.1 Å². The first-order valence-electron chi connectivity index (χ1n) is 11.7. The molecular formula is C26H31ClN6O3Si. The van der Waals surface area contributed by atoms with Gasteiger partial charge in [-0.3, -0.25) is 19.4 Å². The summed E-state index contributed by atoms with van der Waals surface area (Å²) in [5.74, 6) is -1.35. The molecule has 3 N–H and O–H groups in total. The smallest absolute Gasteiger partial charge is 0.281 e. The fourth-order valence-corrected chi connectivity index (χ4v) is 4.52. The Morgan fingerprint density at radius 2 is 1.62 bits per heavy atom. The topological polar surface area (TPSA) is 128 Å². The molecule has 0 radical (unpaired) electrons. The van der Waals surface area contributed by atoms with E-state index in [0.717, 1.165) is 0 Å². The Bertz CT molecular complexity index is 1290. The summed E-state index contributed by atoms with van der Waals surface area (Å²) in [6, 6.07) is 13.7. The molecule has 3 rings (SSSR count). The van der Waals surface area contributed by atoms with Crippen LogP contribution in [0.4, 0.5) is 17.1 Å². The number of nitrogens with two attached hydrogens (primary N) is 1. The molecule has 2 amide bonds. The maximum Gasteiger partial charge on any atom is 0.281 e. The Hall–Kier alpha value is -3.65. The molecule has 1 heterocycles. The number of H-pyrrole nitrogens is 1. The zero-order valence-electron chi connectivity index (χ0n) is 21.6. The first-order chi connectivity index (χ1) is 17.4. The fourth-order valence-electron chi connectivity index (χ4n) is 3.36. The van der Waals surface area contributed by atoms with Crippen molar-refractivity contribution in [1.82, 2.24) is 9.97 Å². The van der Waals surface area contributed by atoms with E-state index in [-0.39, 0.29) is 16.4 Å². The minimum absolute atomic E-state index is 0.0343. The number of rotatable bonds is 9. The molecular weight excluding hydrogens is 508 g/mol. The molecule has 0 saturated carbocycles. The van der Waals surface area contributed by atoms with Crippen molar-refractivity contribution in [3.8, 4) is 6.19 Å². The van der Waals surface area contributed by atoms with Crippen LogP contribution in [0.2, 0.25) is 23.2 Å². The summed E-state index contributed by atoms with van der Waals surface area (Å²) in [5.41, 5.74) is 6.90. The number of benzene rings is 2. The van der Waals surface area contributed by atoms with E-state index in [0.29, 0.717) is 35.2 Å². The first kappa shape index (κ1) is 27.9. The van der Waals surface area contributed by atoms with Crippen LogP contribution in [-0.4, -0.2) is 43.3 Å². The lowest BCUT2D eigenvalue weighted by molar-refractivity contribution is 0.0962. The highest BCUT2D eigenvalue weighted by atomic mass is 35.5. The minimum Gasteiger partial charge on any atom is -0.415 e. The lowest BCUT2D eigenvalue weighted by Gasteiger charge is -2.36. The zero-order valence-corrected chi connectivity index (χ0v) is 23.3. The third-order valence-electron chi connectivity index (χ3n) is 6.50. The van der Waals surface area contributed by atoms with E-state index in [1.165, 1.54) is 11.2 Å². The van der Waals surface area contributed by atoms with Gasteiger partial charge in [0.2, 0.25) is 0 Å². The Balaban J connectivity index is 1.88. The lowest BCUT2D eigenvalue weighted by atomic mass is 10.2. The van der Waals surface area contributed by atoms with Gasteiger partial charge in [0, 0.05) is 16.4 Å². The Labute approximate surface area is 222 Å². The number of carbonyl (C=O) groups excluding carboxylic acids is 2. The van der Waals surface area contributed by atoms with Crippen LogP contribution >= 0.6 is 11.6 Å². The fraction of sp³-hybridized carbons (Fsp3) is 0.308. The van der Waals surface area contributed by atoms with E-state index in [2.05, 4.69) is 50.0 Å². The van der Waals surface area contributed by atoms with Crippen LogP contribution < -0.4 is 15.5 Å². The molecule has 0 atom stereocenters. The molecule has 0 saturated heterocycles. The second-order valence-electron chi connectivity index (χ2n) is 9.98. The van der Waals surface area contributed by atoms with Crippen LogP contribution in [0.5, 0.6) is 0 Å². The summed E-state index contributed by atoms with van der Waals surface area (Å²) in [7, 11) is -1.93. The van der Waals surface area contributed by atoms with Crippen molar-refractivity contribution in [2.24, 2.45) is 5.73 Å². The molecule has 2 aromatic carbocycles. The van der Waals surface area contributed by atoms with E-state index in [1.807, 2.05) is 0 Å². The number of nitriles is 1. The van der Waals surface area contributed by atoms with Crippen LogP contribution in [-0.2, 0) is 4.43 Å². The average Bonchev–Trinajstić information content (AvgIpc) is 3.34. The van der Waals surface area contributed by atoms with Gasteiger partial charge in [0.15, 0.2) is 20.2 Å². The quantitative estimate of drug-likeness (QED) is 0.212. The molecule has 0 bridgehead atoms. The zero-order chi connectivity index (χ0) is 27.4. The van der Waals surface area contributed by atoms with Gasteiger partial charge in [-0.25, -0.2) is 4.98 Å². The SMILES string of the molecule is CC(C)(C)[Si](C)(C)OCCN(C#N)c1ccc(N(C(=O)c2[nH]cnc2C(N)=O)c2ccc(Cl)cc2)cc1. The number of imidazole rings is 1. The molecule has 0 aliphatic carbocycles. The highest BCUT2D eigenvalue weighted by Crippen LogP contribution is 2.36. The van der Waals surface area contributed by atoms with Crippen molar-refractivity contribution >= 4 is 48.8 Å². The molecule has 0 aliphatic heterocycles. The van der Waals surface area contributed by atoms with Gasteiger partial charge in [0.1, 0.15) is 5.69 Å². The van der Waals surface area contributed by atoms with Crippen molar-refractivity contribution in [3.05, 3.63) is 71.3 Å². The van der Waals surface area contributed by atoms with E-state index < -0.39 is 20.1 Å². The van der Waals surface area contributed by atoms with E-state index >= 15 is 0 Å². The maximum absolute atomic E-state index is 13.5. The Morgan fingerprint density at radius 3 is 2.14 bits per heavy atom. The summed E-state index contributed by atoms with van der Waals surface area (Å²) in [5, 5.41) is 10.3. The van der Waals surface area contributed by atoms with Crippen molar-refractivity contribution in [2.75, 3.05) is 23.0 Å². The number of primary amides is 1. The number of nitrogens with zero attached hydrogens (tertiary/aromatic N) is 4. The second-order valence-corrected chi connectivity index (χ2v) is 15.2. The number of amides is 2. The normalized spacial score (nSPS) is 11.6. The number of aromatic nitrogens is 2. The number of hydrogen-bond acceptors (Lipinski definition) is 6. The first-order valence-corrected chi connectivity index (χ1v) is 15.0. The molecule has 0 unspecified atom stereocenters. The van der Waals surface area contributed by atoms with Crippen LogP contribution in [0.3, 0.4) is 0 Å². The Morgan fingerprint density at radius 1 is 1.08 bits per heavy atom. The van der Waals surface area contributed by atoms with Gasteiger partial charge in [-0.1, -0.05) is 32.4 Å². The van der Waals surface area contributed by atoms with Gasteiger partial charge in [0.05, 0.1) is 25.2 Å². The molecule has 37 heavy (non-hydrogen) atoms. The maximum atomic E-state index is 13.5. The van der Waals surface area contributed by atoms with E-state index in [1.54, 1.807) is 53.4 Å². The average molecular weight is 539 g/mol. The number of carbonyl (C=O) groups is 2. The lowest BCUT2D eigenvalue weighted by Crippen LogP contribution is -2.42. The largest absolute Gasteiger partial charge is 0.415 e. The Kier molecular flexibility index (Phi) is 8.43. The predicted octanol–water partition coefficient (Wildman–Crippen LogP) is 5.45. The van der Waals surface area contributed by atoms with Gasteiger partial charge in [-0.15, -0.1) is 0 Å². The second kappa shape index (κ2) is 11.2. The van der Waals surface area contributed by atoms with E-state index in [9.17, 15) is 14.9 Å². The molecule has 0 fully saturated rings. The minimum atomic E-state index is -1.93. The highest BCUT2D eigenvalue weighted by molar-refractivity contribution is 6.74.